The molecule has 0 aliphatic carbocycles. The van der Waals surface area contributed by atoms with Gasteiger partial charge in [-0.3, -0.25) is 14.5 Å². The van der Waals surface area contributed by atoms with Gasteiger partial charge in [0.05, 0.1) is 27.3 Å². The van der Waals surface area contributed by atoms with Gasteiger partial charge in [-0.25, -0.2) is 0 Å². The molecule has 0 saturated carbocycles. The number of hydrogen-bond donors (Lipinski definition) is 0. The molecule has 234 valence electrons. The molecule has 9 nitrogen and oxygen atoms in total. The van der Waals surface area contributed by atoms with Crippen molar-refractivity contribution in [3.8, 4) is 22.6 Å². The molecule has 4 aromatic rings. The minimum Gasteiger partial charge on any atom is -0.496 e. The predicted molar refractivity (Wildman–Crippen MR) is 176 cm³/mol. The highest BCUT2D eigenvalue weighted by atomic mass is 16.5. The van der Waals surface area contributed by atoms with Gasteiger partial charge < -0.3 is 28.7 Å². The van der Waals surface area contributed by atoms with Gasteiger partial charge in [-0.15, -0.1) is 0 Å². The van der Waals surface area contributed by atoms with E-state index in [9.17, 15) is 9.59 Å². The molecule has 0 radical (unpaired) electrons. The molecule has 9 heteroatoms. The summed E-state index contributed by atoms with van der Waals surface area (Å²) in [4.78, 5) is 36.4. The molecule has 3 heterocycles. The fourth-order valence-corrected chi connectivity index (χ4v) is 6.28. The number of ether oxygens (including phenoxy) is 2. The van der Waals surface area contributed by atoms with Crippen LogP contribution in [0.5, 0.6) is 11.5 Å². The SMILES string of the molecule is COc1ccccc1-c1ccc(C(=O)N2Cc3ccc(C(=O)N4CCN(CCN(C)C)CC4)n3Cc3ccccc32)cc1OC. The third kappa shape index (κ3) is 6.18. The molecular weight excluding hydrogens is 566 g/mol. The number of para-hydroxylation sites is 2. The lowest BCUT2D eigenvalue weighted by atomic mass is 10.0. The zero-order valence-corrected chi connectivity index (χ0v) is 26.5. The van der Waals surface area contributed by atoms with E-state index in [4.69, 9.17) is 9.47 Å². The van der Waals surface area contributed by atoms with Crippen molar-refractivity contribution in [3.63, 3.8) is 0 Å². The van der Waals surface area contributed by atoms with Gasteiger partial charge in [0.1, 0.15) is 17.2 Å². The van der Waals surface area contributed by atoms with Crippen molar-refractivity contribution >= 4 is 17.5 Å². The average molecular weight is 608 g/mol. The van der Waals surface area contributed by atoms with Gasteiger partial charge in [-0.05, 0) is 62.1 Å². The number of aromatic nitrogens is 1. The molecule has 2 aliphatic heterocycles. The normalized spacial score (nSPS) is 15.0. The standard InChI is InChI=1S/C36H41N5O4/c1-37(2)17-18-38-19-21-39(22-20-38)36(43)32-16-14-28-25-41(31-11-7-5-9-27(31)24-40(28)32)35(42)26-13-15-30(34(23-26)45-4)29-10-6-8-12-33(29)44-3/h5-16,23H,17-22,24-25H2,1-4H3. The number of likely N-dealkylation sites (N-methyl/N-ethyl adjacent to an activating group) is 1. The highest BCUT2D eigenvalue weighted by Gasteiger charge is 2.30. The van der Waals surface area contributed by atoms with Crippen LogP contribution >= 0.6 is 0 Å². The Labute approximate surface area is 265 Å². The van der Waals surface area contributed by atoms with E-state index in [1.807, 2.05) is 82.6 Å². The minimum absolute atomic E-state index is 0.0439. The fraction of sp³-hybridized carbons (Fsp3) is 0.333. The molecule has 6 rings (SSSR count). The number of anilines is 1. The van der Waals surface area contributed by atoms with E-state index in [-0.39, 0.29) is 11.8 Å². The summed E-state index contributed by atoms with van der Waals surface area (Å²) in [5, 5.41) is 0. The first-order valence-electron chi connectivity index (χ1n) is 15.4. The summed E-state index contributed by atoms with van der Waals surface area (Å²) < 4.78 is 13.4. The van der Waals surface area contributed by atoms with Crippen molar-refractivity contribution in [1.29, 1.82) is 0 Å². The quantitative estimate of drug-likeness (QED) is 0.289. The van der Waals surface area contributed by atoms with Crippen LogP contribution in [0.25, 0.3) is 11.1 Å². The first-order valence-corrected chi connectivity index (χ1v) is 15.4. The van der Waals surface area contributed by atoms with Crippen LogP contribution in [-0.4, -0.2) is 98.7 Å². The van der Waals surface area contributed by atoms with Gasteiger partial charge in [-0.1, -0.05) is 36.4 Å². The summed E-state index contributed by atoms with van der Waals surface area (Å²) in [5.41, 5.74) is 5.67. The second kappa shape index (κ2) is 13.2. The molecule has 0 unspecified atom stereocenters. The number of carbonyl (C=O) groups excluding carboxylic acids is 2. The van der Waals surface area contributed by atoms with E-state index in [2.05, 4.69) is 28.5 Å². The lowest BCUT2D eigenvalue weighted by Gasteiger charge is -2.35. The summed E-state index contributed by atoms with van der Waals surface area (Å²) >= 11 is 0. The van der Waals surface area contributed by atoms with E-state index in [1.54, 1.807) is 20.3 Å². The number of fused-ring (bicyclic) bond motifs is 2. The lowest BCUT2D eigenvalue weighted by Crippen LogP contribution is -2.50. The Morgan fingerprint density at radius 3 is 2.22 bits per heavy atom. The summed E-state index contributed by atoms with van der Waals surface area (Å²) in [6.45, 7) is 6.04. The second-order valence-electron chi connectivity index (χ2n) is 11.9. The second-order valence-corrected chi connectivity index (χ2v) is 11.9. The number of rotatable bonds is 8. The molecule has 0 spiro atoms. The molecule has 2 amide bonds. The van der Waals surface area contributed by atoms with Crippen molar-refractivity contribution in [1.82, 2.24) is 19.3 Å². The van der Waals surface area contributed by atoms with Crippen molar-refractivity contribution in [3.05, 3.63) is 101 Å². The van der Waals surface area contributed by atoms with Crippen LogP contribution in [0.4, 0.5) is 5.69 Å². The monoisotopic (exact) mass is 607 g/mol. The fourth-order valence-electron chi connectivity index (χ4n) is 6.28. The third-order valence-electron chi connectivity index (χ3n) is 8.83. The number of methoxy groups -OCH3 is 2. The van der Waals surface area contributed by atoms with Gasteiger partial charge >= 0.3 is 0 Å². The molecule has 1 aromatic heterocycles. The van der Waals surface area contributed by atoms with Crippen LogP contribution in [0, 0.1) is 0 Å². The van der Waals surface area contributed by atoms with E-state index >= 15 is 0 Å². The molecule has 2 aliphatic rings. The molecule has 45 heavy (non-hydrogen) atoms. The van der Waals surface area contributed by atoms with Crippen LogP contribution < -0.4 is 14.4 Å². The predicted octanol–water partition coefficient (Wildman–Crippen LogP) is 4.70. The van der Waals surface area contributed by atoms with Crippen LogP contribution in [0.2, 0.25) is 0 Å². The maximum absolute atomic E-state index is 14.2. The summed E-state index contributed by atoms with van der Waals surface area (Å²) in [7, 11) is 7.42. The number of piperazine rings is 1. The maximum atomic E-state index is 14.2. The Kier molecular flexibility index (Phi) is 8.91. The number of hydrogen-bond acceptors (Lipinski definition) is 6. The first kappa shape index (κ1) is 30.4. The van der Waals surface area contributed by atoms with Crippen molar-refractivity contribution in [2.75, 3.05) is 72.5 Å². The molecule has 1 fully saturated rings. The van der Waals surface area contributed by atoms with Crippen molar-refractivity contribution in [2.45, 2.75) is 13.1 Å². The highest BCUT2D eigenvalue weighted by Crippen LogP contribution is 2.38. The topological polar surface area (TPSA) is 70.5 Å². The van der Waals surface area contributed by atoms with Gasteiger partial charge in [0.25, 0.3) is 11.8 Å². The Balaban J connectivity index is 1.27. The van der Waals surface area contributed by atoms with Gasteiger partial charge in [-0.2, -0.15) is 0 Å². The number of nitrogens with zero attached hydrogens (tertiary/aromatic N) is 5. The Bertz CT molecular complexity index is 1690. The summed E-state index contributed by atoms with van der Waals surface area (Å²) in [5.74, 6) is 1.23. The van der Waals surface area contributed by atoms with Crippen LogP contribution in [0.15, 0.2) is 78.9 Å². The van der Waals surface area contributed by atoms with E-state index in [0.717, 1.165) is 60.0 Å². The first-order chi connectivity index (χ1) is 21.9. The lowest BCUT2D eigenvalue weighted by molar-refractivity contribution is 0.0619. The minimum atomic E-state index is -0.135. The van der Waals surface area contributed by atoms with E-state index in [1.165, 1.54) is 0 Å². The van der Waals surface area contributed by atoms with Crippen LogP contribution in [0.1, 0.15) is 32.1 Å². The van der Waals surface area contributed by atoms with Crippen LogP contribution in [-0.2, 0) is 13.1 Å². The Hall–Kier alpha value is -4.60. The molecule has 0 bridgehead atoms. The molecular formula is C36H41N5O4. The van der Waals surface area contributed by atoms with E-state index in [0.29, 0.717) is 43.2 Å². The van der Waals surface area contributed by atoms with Crippen LogP contribution in [0.3, 0.4) is 0 Å². The van der Waals surface area contributed by atoms with Crippen molar-refractivity contribution < 1.29 is 19.1 Å². The zero-order valence-electron chi connectivity index (χ0n) is 26.5. The number of carbonyl (C=O) groups is 2. The Morgan fingerprint density at radius 1 is 0.756 bits per heavy atom. The molecule has 3 aromatic carbocycles. The van der Waals surface area contributed by atoms with E-state index < -0.39 is 0 Å². The summed E-state index contributed by atoms with van der Waals surface area (Å²) in [6.07, 6.45) is 0. The zero-order chi connectivity index (χ0) is 31.5. The highest BCUT2D eigenvalue weighted by molar-refractivity contribution is 6.07. The summed E-state index contributed by atoms with van der Waals surface area (Å²) in [6, 6.07) is 25.1. The van der Waals surface area contributed by atoms with Crippen molar-refractivity contribution in [2.24, 2.45) is 0 Å². The Morgan fingerprint density at radius 2 is 1.47 bits per heavy atom. The number of amides is 2. The van der Waals surface area contributed by atoms with Gasteiger partial charge in [0, 0.05) is 67.3 Å². The molecule has 0 atom stereocenters. The van der Waals surface area contributed by atoms with Gasteiger partial charge in [0.2, 0.25) is 0 Å². The number of benzene rings is 3. The maximum Gasteiger partial charge on any atom is 0.270 e. The smallest absolute Gasteiger partial charge is 0.270 e. The third-order valence-corrected chi connectivity index (χ3v) is 8.83. The average Bonchev–Trinajstić information content (AvgIpc) is 3.39. The molecule has 1 saturated heterocycles. The molecule has 0 N–H and O–H groups in total. The largest absolute Gasteiger partial charge is 0.496 e. The van der Waals surface area contributed by atoms with Gasteiger partial charge in [0.15, 0.2) is 0 Å².